The Hall–Kier alpha value is -1.66. The summed E-state index contributed by atoms with van der Waals surface area (Å²) >= 11 is 0. The van der Waals surface area contributed by atoms with Crippen molar-refractivity contribution in [3.05, 3.63) is 29.6 Å². The van der Waals surface area contributed by atoms with E-state index < -0.39 is 11.3 Å². The van der Waals surface area contributed by atoms with Crippen molar-refractivity contribution in [1.29, 1.82) is 0 Å². The molecule has 3 N–H and O–H groups in total. The Morgan fingerprint density at radius 1 is 1.33 bits per heavy atom. The summed E-state index contributed by atoms with van der Waals surface area (Å²) in [6.07, 6.45) is 4.08. The van der Waals surface area contributed by atoms with Crippen LogP contribution in [0.5, 0.6) is 0 Å². The summed E-state index contributed by atoms with van der Waals surface area (Å²) in [5.41, 5.74) is 6.77. The third kappa shape index (κ3) is 4.61. The molecule has 6 nitrogen and oxygen atoms in total. The number of carbonyl (C=O) groups excluding carboxylic acids is 2. The topological polar surface area (TPSA) is 88.3 Å². The van der Waals surface area contributed by atoms with Gasteiger partial charge in [0.15, 0.2) is 0 Å². The molecule has 3 rings (SSSR count). The summed E-state index contributed by atoms with van der Waals surface area (Å²) in [5.74, 6) is 0.126. The number of amides is 2. The van der Waals surface area contributed by atoms with Gasteiger partial charge >= 0.3 is 0 Å². The van der Waals surface area contributed by atoms with E-state index in [0.717, 1.165) is 31.7 Å². The summed E-state index contributed by atoms with van der Waals surface area (Å²) in [7, 11) is 0. The predicted molar refractivity (Wildman–Crippen MR) is 107 cm³/mol. The molecule has 27 heavy (non-hydrogen) atoms. The quantitative estimate of drug-likeness (QED) is 0.691. The molecule has 0 bridgehead atoms. The molecule has 0 radical (unpaired) electrons. The lowest BCUT2D eigenvalue weighted by molar-refractivity contribution is -0.136. The second-order valence-electron chi connectivity index (χ2n) is 8.14. The zero-order chi connectivity index (χ0) is 18.9. The van der Waals surface area contributed by atoms with E-state index >= 15 is 0 Å². The van der Waals surface area contributed by atoms with E-state index in [-0.39, 0.29) is 24.4 Å². The van der Waals surface area contributed by atoms with Crippen molar-refractivity contribution < 1.29 is 9.59 Å². The first kappa shape index (κ1) is 21.6. The zero-order valence-corrected chi connectivity index (χ0v) is 17.2. The lowest BCUT2D eigenvalue weighted by Crippen LogP contribution is -2.48. The fourth-order valence-corrected chi connectivity index (χ4v) is 3.87. The number of hydrogen-bond acceptors (Lipinski definition) is 4. The average Bonchev–Trinajstić information content (AvgIpc) is 3.33. The van der Waals surface area contributed by atoms with Crippen LogP contribution in [0.25, 0.3) is 0 Å². The second kappa shape index (κ2) is 8.57. The Morgan fingerprint density at radius 3 is 2.52 bits per heavy atom. The molecule has 0 aromatic carbocycles. The number of nitrogens with one attached hydrogen (secondary N) is 1. The van der Waals surface area contributed by atoms with Crippen LogP contribution in [-0.4, -0.2) is 40.8 Å². The number of rotatable bonds is 7. The first-order chi connectivity index (χ1) is 12.4. The lowest BCUT2D eigenvalue weighted by atomic mass is 9.90. The summed E-state index contributed by atoms with van der Waals surface area (Å²) in [6.45, 7) is 8.96. The first-order valence-electron chi connectivity index (χ1n) is 9.62. The highest BCUT2D eigenvalue weighted by Gasteiger charge is 2.56. The van der Waals surface area contributed by atoms with Crippen LogP contribution < -0.4 is 11.1 Å². The molecule has 1 aromatic heterocycles. The molecule has 0 spiro atoms. The molecule has 1 aliphatic carbocycles. The van der Waals surface area contributed by atoms with Gasteiger partial charge in [-0.3, -0.25) is 19.5 Å². The largest absolute Gasteiger partial charge is 0.369 e. The van der Waals surface area contributed by atoms with Crippen LogP contribution in [0.3, 0.4) is 0 Å². The van der Waals surface area contributed by atoms with Gasteiger partial charge < -0.3 is 11.1 Å². The molecule has 2 heterocycles. The minimum Gasteiger partial charge on any atom is -0.369 e. The van der Waals surface area contributed by atoms with E-state index in [4.69, 9.17) is 5.73 Å². The highest BCUT2D eigenvalue weighted by atomic mass is 35.5. The minimum atomic E-state index is -0.952. The molecule has 1 aromatic rings. The number of likely N-dealkylation sites (tertiary alicyclic amines) is 1. The van der Waals surface area contributed by atoms with Crippen molar-refractivity contribution in [2.24, 2.45) is 23.0 Å². The van der Waals surface area contributed by atoms with Crippen molar-refractivity contribution in [3.63, 3.8) is 0 Å². The number of aromatic nitrogens is 1. The summed E-state index contributed by atoms with van der Waals surface area (Å²) in [6, 6.07) is 4.26. The lowest BCUT2D eigenvalue weighted by Gasteiger charge is -2.24. The molecule has 2 amide bonds. The van der Waals surface area contributed by atoms with E-state index in [0.29, 0.717) is 24.7 Å². The van der Waals surface area contributed by atoms with Crippen LogP contribution >= 0.6 is 12.4 Å². The maximum atomic E-state index is 12.6. The molecule has 1 saturated carbocycles. The molecule has 7 heteroatoms. The second-order valence-corrected chi connectivity index (χ2v) is 8.14. The highest BCUT2D eigenvalue weighted by molar-refractivity contribution is 6.07. The van der Waals surface area contributed by atoms with Gasteiger partial charge in [-0.25, -0.2) is 0 Å². The van der Waals surface area contributed by atoms with Crippen molar-refractivity contribution >= 4 is 24.2 Å². The average molecular weight is 395 g/mol. The van der Waals surface area contributed by atoms with E-state index in [1.807, 2.05) is 6.20 Å². The van der Waals surface area contributed by atoms with E-state index in [1.54, 1.807) is 0 Å². The van der Waals surface area contributed by atoms with Crippen LogP contribution in [0, 0.1) is 17.3 Å². The van der Waals surface area contributed by atoms with Crippen molar-refractivity contribution in [2.75, 3.05) is 13.1 Å². The normalized spacial score (nSPS) is 23.7. The van der Waals surface area contributed by atoms with Crippen LogP contribution in [0.15, 0.2) is 18.3 Å². The smallest absolute Gasteiger partial charge is 0.235 e. The van der Waals surface area contributed by atoms with Crippen molar-refractivity contribution in [3.8, 4) is 0 Å². The van der Waals surface area contributed by atoms with Crippen LogP contribution in [0.4, 0.5) is 0 Å². The van der Waals surface area contributed by atoms with Crippen LogP contribution in [0.2, 0.25) is 0 Å². The monoisotopic (exact) mass is 394 g/mol. The summed E-state index contributed by atoms with van der Waals surface area (Å²) in [4.78, 5) is 31.1. The number of hydrogen-bond donors (Lipinski definition) is 2. The number of pyridine rings is 1. The Bertz CT molecular complexity index is 673. The molecule has 1 aliphatic heterocycles. The SMILES string of the molecule is CCc1ccc(CN2C[C@H](NC(=O)C3(C(N)=O)CC3)[C@@H](C(C)C)C2)nc1.Cl. The molecular weight excluding hydrogens is 364 g/mol. The zero-order valence-electron chi connectivity index (χ0n) is 16.4. The molecular formula is C20H31ClN4O2. The van der Waals surface area contributed by atoms with Gasteiger partial charge in [0, 0.05) is 31.9 Å². The van der Waals surface area contributed by atoms with Gasteiger partial charge in [0.25, 0.3) is 0 Å². The van der Waals surface area contributed by atoms with Gasteiger partial charge in [-0.1, -0.05) is 26.8 Å². The van der Waals surface area contributed by atoms with Gasteiger partial charge in [0.2, 0.25) is 11.8 Å². The number of halogens is 1. The third-order valence-corrected chi connectivity index (χ3v) is 5.95. The van der Waals surface area contributed by atoms with Gasteiger partial charge in [-0.05, 0) is 42.7 Å². The Kier molecular flexibility index (Phi) is 6.87. The summed E-state index contributed by atoms with van der Waals surface area (Å²) in [5, 5.41) is 3.13. The fourth-order valence-electron chi connectivity index (χ4n) is 3.87. The Labute approximate surface area is 167 Å². The molecule has 150 valence electrons. The number of aryl methyl sites for hydroxylation is 1. The van der Waals surface area contributed by atoms with Gasteiger partial charge in [0.05, 0.1) is 5.69 Å². The van der Waals surface area contributed by atoms with Crippen molar-refractivity contribution in [2.45, 2.75) is 52.6 Å². The van der Waals surface area contributed by atoms with Gasteiger partial charge in [-0.15, -0.1) is 12.4 Å². The standard InChI is InChI=1S/C20H30N4O2.ClH/c1-4-14-5-6-15(22-9-14)10-24-11-16(13(2)3)17(12-24)23-19(26)20(7-8-20)18(21)25;/h5-6,9,13,16-17H,4,7-8,10-12H2,1-3H3,(H2,21,25)(H,23,26);1H/t16-,17+;/m1./s1. The molecule has 2 fully saturated rings. The molecule has 2 atom stereocenters. The Balaban J connectivity index is 0.00000261. The van der Waals surface area contributed by atoms with Gasteiger partial charge in [0.1, 0.15) is 5.41 Å². The van der Waals surface area contributed by atoms with Crippen molar-refractivity contribution in [1.82, 2.24) is 15.2 Å². The van der Waals surface area contributed by atoms with Crippen LogP contribution in [0.1, 0.15) is 44.9 Å². The predicted octanol–water partition coefficient (Wildman–Crippen LogP) is 1.90. The highest BCUT2D eigenvalue weighted by Crippen LogP contribution is 2.45. The third-order valence-electron chi connectivity index (χ3n) is 5.95. The maximum Gasteiger partial charge on any atom is 0.235 e. The number of nitrogens with two attached hydrogens (primary N) is 1. The fraction of sp³-hybridized carbons (Fsp3) is 0.650. The number of nitrogens with zero attached hydrogens (tertiary/aromatic N) is 2. The van der Waals surface area contributed by atoms with E-state index in [2.05, 4.69) is 48.1 Å². The van der Waals surface area contributed by atoms with Crippen LogP contribution in [-0.2, 0) is 22.6 Å². The summed E-state index contributed by atoms with van der Waals surface area (Å²) < 4.78 is 0. The molecule has 2 aliphatic rings. The molecule has 0 unspecified atom stereocenters. The number of carbonyl (C=O) groups is 2. The van der Waals surface area contributed by atoms with E-state index in [1.165, 1.54) is 5.56 Å². The first-order valence-corrected chi connectivity index (χ1v) is 9.62. The van der Waals surface area contributed by atoms with Gasteiger partial charge in [-0.2, -0.15) is 0 Å². The minimum absolute atomic E-state index is 0. The maximum absolute atomic E-state index is 12.6. The number of primary amides is 1. The molecule has 1 saturated heterocycles. The Morgan fingerprint density at radius 2 is 2.04 bits per heavy atom. The van der Waals surface area contributed by atoms with E-state index in [9.17, 15) is 9.59 Å².